The summed E-state index contributed by atoms with van der Waals surface area (Å²) in [5.74, 6) is 0.826. The van der Waals surface area contributed by atoms with Crippen molar-refractivity contribution in [2.75, 3.05) is 7.11 Å². The number of ether oxygens (including phenoxy) is 2. The van der Waals surface area contributed by atoms with E-state index in [4.69, 9.17) is 9.47 Å². The molecule has 16 heavy (non-hydrogen) atoms. The summed E-state index contributed by atoms with van der Waals surface area (Å²) >= 11 is 0. The lowest BCUT2D eigenvalue weighted by Gasteiger charge is -2.04. The third-order valence-corrected chi connectivity index (χ3v) is 2.12. The van der Waals surface area contributed by atoms with Gasteiger partial charge in [-0.3, -0.25) is 9.78 Å². The number of hydrogen-bond acceptors (Lipinski definition) is 4. The Hall–Kier alpha value is -2.10. The predicted molar refractivity (Wildman–Crippen MR) is 59.6 cm³/mol. The molecular formula is C12H11NO3. The number of fused-ring (bicyclic) bond motifs is 1. The van der Waals surface area contributed by atoms with E-state index in [1.807, 2.05) is 18.2 Å². The first-order chi connectivity index (χ1) is 7.69. The summed E-state index contributed by atoms with van der Waals surface area (Å²) in [5.41, 5.74) is 0.830. The number of esters is 1. The van der Waals surface area contributed by atoms with Gasteiger partial charge in [0.1, 0.15) is 11.5 Å². The third kappa shape index (κ3) is 2.11. The minimum Gasteiger partial charge on any atom is -0.497 e. The number of hydrogen-bond donors (Lipinski definition) is 0. The Morgan fingerprint density at radius 3 is 2.69 bits per heavy atom. The van der Waals surface area contributed by atoms with Gasteiger partial charge in [0.25, 0.3) is 0 Å². The molecule has 0 aliphatic rings. The van der Waals surface area contributed by atoms with Gasteiger partial charge in [0, 0.05) is 12.3 Å². The Balaban J connectivity index is 2.46. The van der Waals surface area contributed by atoms with Gasteiger partial charge in [-0.05, 0) is 24.3 Å². The SMILES string of the molecule is COc1ccc2ncc(OC(C)=O)cc2c1. The van der Waals surface area contributed by atoms with Crippen LogP contribution in [0.1, 0.15) is 6.92 Å². The van der Waals surface area contributed by atoms with Gasteiger partial charge in [0.05, 0.1) is 18.8 Å². The van der Waals surface area contributed by atoms with Crippen molar-refractivity contribution >= 4 is 16.9 Å². The van der Waals surface area contributed by atoms with E-state index in [9.17, 15) is 4.79 Å². The van der Waals surface area contributed by atoms with E-state index in [2.05, 4.69) is 4.98 Å². The van der Waals surface area contributed by atoms with Gasteiger partial charge in [-0.15, -0.1) is 0 Å². The summed E-state index contributed by atoms with van der Waals surface area (Å²) < 4.78 is 10.1. The molecule has 0 unspecified atom stereocenters. The van der Waals surface area contributed by atoms with Gasteiger partial charge in [-0.1, -0.05) is 0 Å². The maximum atomic E-state index is 10.8. The van der Waals surface area contributed by atoms with Gasteiger partial charge in [-0.2, -0.15) is 0 Å². The van der Waals surface area contributed by atoms with Crippen LogP contribution in [-0.2, 0) is 4.79 Å². The Morgan fingerprint density at radius 1 is 1.25 bits per heavy atom. The van der Waals surface area contributed by atoms with E-state index in [1.54, 1.807) is 13.2 Å². The lowest BCUT2D eigenvalue weighted by Crippen LogP contribution is -2.01. The van der Waals surface area contributed by atoms with Crippen LogP contribution in [0, 0.1) is 0 Å². The van der Waals surface area contributed by atoms with Crippen LogP contribution in [-0.4, -0.2) is 18.1 Å². The van der Waals surface area contributed by atoms with Crippen LogP contribution in [0.15, 0.2) is 30.5 Å². The molecule has 0 saturated heterocycles. The molecule has 0 aliphatic heterocycles. The topological polar surface area (TPSA) is 48.4 Å². The fourth-order valence-electron chi connectivity index (χ4n) is 1.44. The van der Waals surface area contributed by atoms with Crippen molar-refractivity contribution in [3.63, 3.8) is 0 Å². The molecule has 0 saturated carbocycles. The van der Waals surface area contributed by atoms with Crippen LogP contribution in [0.2, 0.25) is 0 Å². The number of rotatable bonds is 2. The summed E-state index contributed by atoms with van der Waals surface area (Å²) in [5, 5.41) is 0.873. The Morgan fingerprint density at radius 2 is 2.00 bits per heavy atom. The second kappa shape index (κ2) is 4.18. The molecule has 0 N–H and O–H groups in total. The first-order valence-electron chi connectivity index (χ1n) is 4.81. The van der Waals surface area contributed by atoms with E-state index < -0.39 is 0 Å². The summed E-state index contributed by atoms with van der Waals surface area (Å²) in [4.78, 5) is 15.0. The average molecular weight is 217 g/mol. The van der Waals surface area contributed by atoms with Crippen molar-refractivity contribution in [3.8, 4) is 11.5 Å². The van der Waals surface area contributed by atoms with Crippen molar-refractivity contribution in [3.05, 3.63) is 30.5 Å². The van der Waals surface area contributed by atoms with Gasteiger partial charge >= 0.3 is 5.97 Å². The molecule has 4 heteroatoms. The van der Waals surface area contributed by atoms with E-state index >= 15 is 0 Å². The summed E-state index contributed by atoms with van der Waals surface area (Å²) in [6.45, 7) is 1.36. The fourth-order valence-corrected chi connectivity index (χ4v) is 1.44. The molecule has 0 spiro atoms. The zero-order valence-electron chi connectivity index (χ0n) is 9.06. The van der Waals surface area contributed by atoms with Crippen molar-refractivity contribution in [1.29, 1.82) is 0 Å². The smallest absolute Gasteiger partial charge is 0.308 e. The quantitative estimate of drug-likeness (QED) is 0.723. The van der Waals surface area contributed by atoms with E-state index in [-0.39, 0.29) is 5.97 Å². The number of carbonyl (C=O) groups excluding carboxylic acids is 1. The average Bonchev–Trinajstić information content (AvgIpc) is 2.27. The molecule has 0 fully saturated rings. The second-order valence-electron chi connectivity index (χ2n) is 3.32. The largest absolute Gasteiger partial charge is 0.497 e. The third-order valence-electron chi connectivity index (χ3n) is 2.12. The second-order valence-corrected chi connectivity index (χ2v) is 3.32. The van der Waals surface area contributed by atoms with Crippen molar-refractivity contribution < 1.29 is 14.3 Å². The first kappa shape index (κ1) is 10.4. The standard InChI is InChI=1S/C12H11NO3/c1-8(14)16-11-6-9-5-10(15-2)3-4-12(9)13-7-11/h3-7H,1-2H3. The number of benzene rings is 1. The van der Waals surface area contributed by atoms with Gasteiger partial charge in [-0.25, -0.2) is 0 Å². The van der Waals surface area contributed by atoms with Crippen LogP contribution >= 0.6 is 0 Å². The Labute approximate surface area is 92.8 Å². The molecule has 82 valence electrons. The number of nitrogens with zero attached hydrogens (tertiary/aromatic N) is 1. The van der Waals surface area contributed by atoms with E-state index in [1.165, 1.54) is 13.1 Å². The maximum Gasteiger partial charge on any atom is 0.308 e. The molecule has 0 atom stereocenters. The molecule has 0 bridgehead atoms. The Kier molecular flexibility index (Phi) is 2.72. The highest BCUT2D eigenvalue weighted by molar-refractivity contribution is 5.82. The molecule has 4 nitrogen and oxygen atoms in total. The van der Waals surface area contributed by atoms with Crippen LogP contribution in [0.3, 0.4) is 0 Å². The van der Waals surface area contributed by atoms with Gasteiger partial charge in [0.2, 0.25) is 0 Å². The number of aromatic nitrogens is 1. The highest BCUT2D eigenvalue weighted by Crippen LogP contribution is 2.22. The van der Waals surface area contributed by atoms with Gasteiger partial charge in [0.15, 0.2) is 0 Å². The number of methoxy groups -OCH3 is 1. The van der Waals surface area contributed by atoms with Crippen LogP contribution < -0.4 is 9.47 Å². The van der Waals surface area contributed by atoms with Gasteiger partial charge < -0.3 is 9.47 Å². The summed E-state index contributed by atoms with van der Waals surface area (Å²) in [6.07, 6.45) is 1.52. The lowest BCUT2D eigenvalue weighted by atomic mass is 10.2. The fraction of sp³-hybridized carbons (Fsp3) is 0.167. The summed E-state index contributed by atoms with van der Waals surface area (Å²) in [6, 6.07) is 7.29. The highest BCUT2D eigenvalue weighted by atomic mass is 16.5. The molecule has 0 aliphatic carbocycles. The normalized spacial score (nSPS) is 10.1. The molecule has 0 radical (unpaired) electrons. The highest BCUT2D eigenvalue weighted by Gasteiger charge is 2.02. The van der Waals surface area contributed by atoms with E-state index in [0.717, 1.165) is 16.7 Å². The first-order valence-corrected chi connectivity index (χ1v) is 4.81. The molecule has 1 aromatic heterocycles. The van der Waals surface area contributed by atoms with Crippen molar-refractivity contribution in [2.24, 2.45) is 0 Å². The van der Waals surface area contributed by atoms with Crippen molar-refractivity contribution in [1.82, 2.24) is 4.98 Å². The zero-order chi connectivity index (χ0) is 11.5. The minimum absolute atomic E-state index is 0.357. The van der Waals surface area contributed by atoms with Crippen LogP contribution in [0.4, 0.5) is 0 Å². The molecule has 1 aromatic carbocycles. The summed E-state index contributed by atoms with van der Waals surface area (Å²) in [7, 11) is 1.60. The Bertz CT molecular complexity index is 537. The predicted octanol–water partition coefficient (Wildman–Crippen LogP) is 2.17. The van der Waals surface area contributed by atoms with Crippen molar-refractivity contribution in [2.45, 2.75) is 6.92 Å². The zero-order valence-corrected chi connectivity index (χ0v) is 9.06. The lowest BCUT2D eigenvalue weighted by molar-refractivity contribution is -0.131. The monoisotopic (exact) mass is 217 g/mol. The molecule has 1 heterocycles. The molecule has 2 rings (SSSR count). The van der Waals surface area contributed by atoms with Crippen LogP contribution in [0.25, 0.3) is 10.9 Å². The minimum atomic E-state index is -0.357. The number of pyridine rings is 1. The number of carbonyl (C=O) groups is 1. The van der Waals surface area contributed by atoms with Crippen LogP contribution in [0.5, 0.6) is 11.5 Å². The molecule has 0 amide bonds. The molecule has 2 aromatic rings. The molecular weight excluding hydrogens is 206 g/mol. The van der Waals surface area contributed by atoms with E-state index in [0.29, 0.717) is 5.75 Å². The maximum absolute atomic E-state index is 10.8.